The Labute approximate surface area is 125 Å². The zero-order chi connectivity index (χ0) is 16.3. The summed E-state index contributed by atoms with van der Waals surface area (Å²) in [5, 5.41) is 2.63. The van der Waals surface area contributed by atoms with Crippen molar-refractivity contribution in [2.45, 2.75) is 20.3 Å². The molecule has 0 atom stereocenters. The molecule has 1 heterocycles. The third kappa shape index (κ3) is 3.57. The average Bonchev–Trinajstić information content (AvgIpc) is 2.43. The fourth-order valence-corrected chi connectivity index (χ4v) is 1.99. The minimum atomic E-state index is -0.605. The van der Waals surface area contributed by atoms with Crippen molar-refractivity contribution < 1.29 is 9.59 Å². The smallest absolute Gasteiger partial charge is 0.325 e. The van der Waals surface area contributed by atoms with Crippen LogP contribution in [0.1, 0.15) is 28.5 Å². The summed E-state index contributed by atoms with van der Waals surface area (Å²) >= 11 is 0. The highest BCUT2D eigenvalue weighted by Crippen LogP contribution is 2.10. The minimum absolute atomic E-state index is 0.0618. The van der Waals surface area contributed by atoms with Gasteiger partial charge in [-0.15, -0.1) is 0 Å². The molecule has 7 heteroatoms. The molecule has 7 nitrogen and oxygen atoms in total. The summed E-state index contributed by atoms with van der Waals surface area (Å²) < 4.78 is 0. The van der Waals surface area contributed by atoms with E-state index in [1.54, 1.807) is 31.2 Å². The van der Waals surface area contributed by atoms with E-state index in [-0.39, 0.29) is 17.8 Å². The van der Waals surface area contributed by atoms with Crippen LogP contribution in [0.3, 0.4) is 0 Å². The van der Waals surface area contributed by atoms with Crippen LogP contribution < -0.4 is 16.6 Å². The van der Waals surface area contributed by atoms with Gasteiger partial charge in [-0.1, -0.05) is 0 Å². The summed E-state index contributed by atoms with van der Waals surface area (Å²) in [6.07, 6.45) is -0.160. The molecular weight excluding hydrogens is 286 g/mol. The normalized spacial score (nSPS) is 10.3. The Balaban J connectivity index is 2.12. The highest BCUT2D eigenvalue weighted by molar-refractivity contribution is 5.96. The summed E-state index contributed by atoms with van der Waals surface area (Å²) in [6, 6.07) is 6.43. The van der Waals surface area contributed by atoms with Gasteiger partial charge in [0.25, 0.3) is 5.56 Å². The van der Waals surface area contributed by atoms with E-state index in [9.17, 15) is 19.2 Å². The van der Waals surface area contributed by atoms with Gasteiger partial charge >= 0.3 is 5.69 Å². The van der Waals surface area contributed by atoms with Gasteiger partial charge in [-0.2, -0.15) is 0 Å². The highest BCUT2D eigenvalue weighted by Gasteiger charge is 2.11. The Kier molecular flexibility index (Phi) is 4.36. The number of ketones is 1. The maximum atomic E-state index is 12.0. The van der Waals surface area contributed by atoms with E-state index in [0.29, 0.717) is 16.9 Å². The van der Waals surface area contributed by atoms with Crippen molar-refractivity contribution in [2.24, 2.45) is 0 Å². The van der Waals surface area contributed by atoms with Crippen molar-refractivity contribution in [1.82, 2.24) is 9.97 Å². The molecule has 0 spiro atoms. The number of benzene rings is 1. The molecular formula is C15H15N3O4. The van der Waals surface area contributed by atoms with Crippen molar-refractivity contribution in [3.8, 4) is 0 Å². The maximum Gasteiger partial charge on any atom is 0.325 e. The molecule has 0 aliphatic rings. The number of hydrogen-bond acceptors (Lipinski definition) is 4. The third-order valence-corrected chi connectivity index (χ3v) is 3.17. The summed E-state index contributed by atoms with van der Waals surface area (Å²) in [6.45, 7) is 3.01. The third-order valence-electron chi connectivity index (χ3n) is 3.17. The number of carbonyl (C=O) groups excluding carboxylic acids is 2. The second-order valence-corrected chi connectivity index (χ2v) is 4.87. The van der Waals surface area contributed by atoms with Crippen LogP contribution in [0, 0.1) is 6.92 Å². The van der Waals surface area contributed by atoms with Crippen molar-refractivity contribution in [1.29, 1.82) is 0 Å². The van der Waals surface area contributed by atoms with Gasteiger partial charge in [-0.3, -0.25) is 19.4 Å². The molecule has 0 radical (unpaired) electrons. The zero-order valence-corrected chi connectivity index (χ0v) is 12.1. The predicted molar refractivity (Wildman–Crippen MR) is 81.2 cm³/mol. The van der Waals surface area contributed by atoms with Crippen LogP contribution in [0.4, 0.5) is 5.69 Å². The van der Waals surface area contributed by atoms with E-state index in [1.165, 1.54) is 6.92 Å². The number of amides is 1. The minimum Gasteiger partial charge on any atom is -0.326 e. The first-order chi connectivity index (χ1) is 10.4. The number of aryl methyl sites for hydroxylation is 1. The quantitative estimate of drug-likeness (QED) is 0.723. The van der Waals surface area contributed by atoms with E-state index >= 15 is 0 Å². The Morgan fingerprint density at radius 2 is 1.73 bits per heavy atom. The lowest BCUT2D eigenvalue weighted by Crippen LogP contribution is -2.29. The number of hydrogen-bond donors (Lipinski definition) is 3. The van der Waals surface area contributed by atoms with Crippen molar-refractivity contribution >= 4 is 17.4 Å². The Hall–Kier alpha value is -2.96. The number of H-pyrrole nitrogens is 2. The first kappa shape index (κ1) is 15.4. The molecule has 2 aromatic rings. The standard InChI is InChI=1S/C15H15N3O4/c1-8-12(14(21)18-15(22)16-8)7-13(20)17-11-5-3-10(4-6-11)9(2)19/h3-6H,7H2,1-2H3,(H,17,20)(H2,16,18,21,22). The summed E-state index contributed by atoms with van der Waals surface area (Å²) in [7, 11) is 0. The van der Waals surface area contributed by atoms with E-state index < -0.39 is 17.2 Å². The molecule has 0 bridgehead atoms. The second kappa shape index (κ2) is 6.21. The number of aromatic nitrogens is 2. The first-order valence-electron chi connectivity index (χ1n) is 6.59. The van der Waals surface area contributed by atoms with Gasteiger partial charge in [0.05, 0.1) is 6.42 Å². The number of anilines is 1. The molecule has 1 amide bonds. The molecule has 0 saturated heterocycles. The van der Waals surface area contributed by atoms with E-state index in [4.69, 9.17) is 0 Å². The van der Waals surface area contributed by atoms with Crippen LogP contribution in [-0.4, -0.2) is 21.7 Å². The average molecular weight is 301 g/mol. The number of aromatic amines is 2. The van der Waals surface area contributed by atoms with Gasteiger partial charge in [-0.05, 0) is 38.1 Å². The summed E-state index contributed by atoms with van der Waals surface area (Å²) in [5.74, 6) is -0.454. The van der Waals surface area contributed by atoms with E-state index in [0.717, 1.165) is 0 Å². The van der Waals surface area contributed by atoms with Gasteiger partial charge < -0.3 is 10.3 Å². The monoisotopic (exact) mass is 301 g/mol. The van der Waals surface area contributed by atoms with E-state index in [2.05, 4.69) is 15.3 Å². The predicted octanol–water partition coefficient (Wildman–Crippen LogP) is 0.755. The number of carbonyl (C=O) groups is 2. The Bertz CT molecular complexity index is 831. The fourth-order valence-electron chi connectivity index (χ4n) is 1.99. The van der Waals surface area contributed by atoms with Crippen LogP contribution in [0.25, 0.3) is 0 Å². The molecule has 0 aliphatic heterocycles. The van der Waals surface area contributed by atoms with Gasteiger partial charge in [0, 0.05) is 22.5 Å². The SMILES string of the molecule is CC(=O)c1ccc(NC(=O)Cc2c(C)[nH]c(=O)[nH]c2=O)cc1. The van der Waals surface area contributed by atoms with Crippen LogP contribution in [0.15, 0.2) is 33.9 Å². The second-order valence-electron chi connectivity index (χ2n) is 4.87. The number of rotatable bonds is 4. The summed E-state index contributed by atoms with van der Waals surface area (Å²) in [5.41, 5.74) is 0.447. The number of nitrogens with one attached hydrogen (secondary N) is 3. The lowest BCUT2D eigenvalue weighted by Gasteiger charge is -2.07. The van der Waals surface area contributed by atoms with Crippen molar-refractivity contribution in [3.05, 3.63) is 61.9 Å². The molecule has 0 aliphatic carbocycles. The van der Waals surface area contributed by atoms with Gasteiger partial charge in [0.2, 0.25) is 5.91 Å². The Morgan fingerprint density at radius 3 is 2.27 bits per heavy atom. The maximum absolute atomic E-state index is 12.0. The van der Waals surface area contributed by atoms with Gasteiger partial charge in [0.1, 0.15) is 0 Å². The van der Waals surface area contributed by atoms with Crippen molar-refractivity contribution in [3.63, 3.8) is 0 Å². The molecule has 22 heavy (non-hydrogen) atoms. The molecule has 0 fully saturated rings. The fraction of sp³-hybridized carbons (Fsp3) is 0.200. The van der Waals surface area contributed by atoms with Crippen molar-refractivity contribution in [2.75, 3.05) is 5.32 Å². The first-order valence-corrected chi connectivity index (χ1v) is 6.59. The van der Waals surface area contributed by atoms with Crippen LogP contribution >= 0.6 is 0 Å². The lowest BCUT2D eigenvalue weighted by atomic mass is 10.1. The summed E-state index contributed by atoms with van der Waals surface area (Å²) in [4.78, 5) is 50.4. The van der Waals surface area contributed by atoms with Gasteiger partial charge in [-0.25, -0.2) is 4.79 Å². The molecule has 3 N–H and O–H groups in total. The molecule has 1 aromatic carbocycles. The molecule has 2 rings (SSSR count). The molecule has 114 valence electrons. The van der Waals surface area contributed by atoms with Gasteiger partial charge in [0.15, 0.2) is 5.78 Å². The number of Topliss-reactive ketones (excluding diaryl/α,β-unsaturated/α-hetero) is 1. The van der Waals surface area contributed by atoms with Crippen LogP contribution in [0.5, 0.6) is 0 Å². The van der Waals surface area contributed by atoms with Crippen LogP contribution in [-0.2, 0) is 11.2 Å². The molecule has 0 saturated carbocycles. The highest BCUT2D eigenvalue weighted by atomic mass is 16.2. The van der Waals surface area contributed by atoms with Crippen LogP contribution in [0.2, 0.25) is 0 Å². The Morgan fingerprint density at radius 1 is 1.09 bits per heavy atom. The lowest BCUT2D eigenvalue weighted by molar-refractivity contribution is -0.115. The largest absolute Gasteiger partial charge is 0.326 e. The molecule has 1 aromatic heterocycles. The zero-order valence-electron chi connectivity index (χ0n) is 12.1. The molecule has 0 unspecified atom stereocenters. The van der Waals surface area contributed by atoms with E-state index in [1.807, 2.05) is 0 Å². The topological polar surface area (TPSA) is 112 Å².